The molecule has 29 heavy (non-hydrogen) atoms. The molecule has 0 spiro atoms. The van der Waals surface area contributed by atoms with Crippen molar-refractivity contribution in [3.05, 3.63) is 87.7 Å². The predicted octanol–water partition coefficient (Wildman–Crippen LogP) is 4.64. The fourth-order valence-electron chi connectivity index (χ4n) is 2.73. The number of amides is 1. The number of ether oxygens (including phenoxy) is 1. The summed E-state index contributed by atoms with van der Waals surface area (Å²) in [6, 6.07) is 21.2. The van der Waals surface area contributed by atoms with Gasteiger partial charge in [-0.15, -0.1) is 0 Å². The van der Waals surface area contributed by atoms with Crippen molar-refractivity contribution >= 4 is 38.4 Å². The Bertz CT molecular complexity index is 1220. The van der Waals surface area contributed by atoms with Crippen LogP contribution in [0.15, 0.2) is 86.5 Å². The van der Waals surface area contributed by atoms with E-state index >= 15 is 0 Å². The molecule has 1 aromatic heterocycles. The molecule has 0 aliphatic rings. The van der Waals surface area contributed by atoms with E-state index < -0.39 is 5.63 Å². The zero-order valence-corrected chi connectivity index (χ0v) is 16.7. The normalized spacial score (nSPS) is 10.7. The lowest BCUT2D eigenvalue weighted by atomic mass is 10.2. The Morgan fingerprint density at radius 3 is 2.55 bits per heavy atom. The average molecular weight is 451 g/mol. The molecule has 0 saturated heterocycles. The van der Waals surface area contributed by atoms with Crippen LogP contribution in [0.1, 0.15) is 0 Å². The highest BCUT2D eigenvalue weighted by Gasteiger charge is 2.10. The van der Waals surface area contributed by atoms with Gasteiger partial charge in [-0.25, -0.2) is 9.78 Å². The highest BCUT2D eigenvalue weighted by molar-refractivity contribution is 9.10. The number of para-hydroxylation sites is 1. The average Bonchev–Trinajstić information content (AvgIpc) is 2.74. The largest absolute Gasteiger partial charge is 0.484 e. The molecule has 6 nitrogen and oxygen atoms in total. The minimum absolute atomic E-state index is 0.0948. The Morgan fingerprint density at radius 1 is 1.03 bits per heavy atom. The Hall–Kier alpha value is -3.45. The molecule has 4 rings (SSSR count). The Balaban J connectivity index is 1.46. The number of anilines is 1. The van der Waals surface area contributed by atoms with Gasteiger partial charge in [0.05, 0.1) is 10.9 Å². The van der Waals surface area contributed by atoms with E-state index in [0.717, 1.165) is 4.47 Å². The summed E-state index contributed by atoms with van der Waals surface area (Å²) in [5.74, 6) is 0.570. The van der Waals surface area contributed by atoms with E-state index in [1.54, 1.807) is 48.5 Å². The summed E-state index contributed by atoms with van der Waals surface area (Å²) in [5.41, 5.74) is 1.32. The number of carbonyl (C=O) groups is 1. The van der Waals surface area contributed by atoms with E-state index in [4.69, 9.17) is 9.15 Å². The highest BCUT2D eigenvalue weighted by atomic mass is 79.9. The summed E-state index contributed by atoms with van der Waals surface area (Å²) in [6.07, 6.45) is 0. The molecule has 0 atom stereocenters. The smallest absolute Gasteiger partial charge is 0.347 e. The molecule has 0 unspecified atom stereocenters. The van der Waals surface area contributed by atoms with E-state index in [9.17, 15) is 9.59 Å². The summed E-state index contributed by atoms with van der Waals surface area (Å²) in [4.78, 5) is 28.7. The van der Waals surface area contributed by atoms with Gasteiger partial charge in [0.15, 0.2) is 6.61 Å². The van der Waals surface area contributed by atoms with Crippen molar-refractivity contribution in [1.29, 1.82) is 0 Å². The quantitative estimate of drug-likeness (QED) is 0.479. The van der Waals surface area contributed by atoms with Gasteiger partial charge in [-0.3, -0.25) is 4.79 Å². The summed E-state index contributed by atoms with van der Waals surface area (Å²) in [7, 11) is 0. The van der Waals surface area contributed by atoms with E-state index in [1.165, 1.54) is 0 Å². The number of hydrogen-bond acceptors (Lipinski definition) is 5. The Labute approximate surface area is 174 Å². The second kappa shape index (κ2) is 8.28. The highest BCUT2D eigenvalue weighted by Crippen LogP contribution is 2.22. The second-order valence-electron chi connectivity index (χ2n) is 6.20. The molecule has 1 N–H and O–H groups in total. The fourth-order valence-corrected chi connectivity index (χ4v) is 3.09. The van der Waals surface area contributed by atoms with Crippen LogP contribution in [-0.4, -0.2) is 17.5 Å². The van der Waals surface area contributed by atoms with Gasteiger partial charge in [0.1, 0.15) is 5.75 Å². The molecule has 0 fully saturated rings. The van der Waals surface area contributed by atoms with E-state index in [2.05, 4.69) is 26.2 Å². The summed E-state index contributed by atoms with van der Waals surface area (Å²) in [5, 5.41) is 3.16. The second-order valence-corrected chi connectivity index (χ2v) is 7.11. The minimum atomic E-state index is -0.457. The fraction of sp³-hybridized carbons (Fsp3) is 0.0455. The lowest BCUT2D eigenvalue weighted by molar-refractivity contribution is -0.118. The first kappa shape index (κ1) is 18.9. The maximum atomic E-state index is 12.2. The molecule has 0 aliphatic heterocycles. The number of hydrogen-bond donors (Lipinski definition) is 1. The van der Waals surface area contributed by atoms with Crippen LogP contribution < -0.4 is 15.7 Å². The molecule has 1 heterocycles. The SMILES string of the molecule is O=C(COc1ccccc1)Nc1ccc(-c2nc3ccc(Br)cc3c(=O)o2)cc1. The first-order valence-electron chi connectivity index (χ1n) is 8.77. The van der Waals surface area contributed by atoms with Crippen LogP contribution in [0.4, 0.5) is 5.69 Å². The van der Waals surface area contributed by atoms with Gasteiger partial charge < -0.3 is 14.5 Å². The molecule has 144 valence electrons. The number of fused-ring (bicyclic) bond motifs is 1. The number of aromatic nitrogens is 1. The standard InChI is InChI=1S/C22H15BrN2O4/c23-15-8-11-19-18(12-15)22(27)29-21(25-19)14-6-9-16(10-7-14)24-20(26)13-28-17-4-2-1-3-5-17/h1-12H,13H2,(H,24,26). The van der Waals surface area contributed by atoms with Crippen molar-refractivity contribution in [2.24, 2.45) is 0 Å². The third kappa shape index (κ3) is 4.52. The van der Waals surface area contributed by atoms with Gasteiger partial charge in [-0.1, -0.05) is 34.1 Å². The predicted molar refractivity (Wildman–Crippen MR) is 114 cm³/mol. The number of benzene rings is 3. The Kier molecular flexibility index (Phi) is 5.39. The topological polar surface area (TPSA) is 81.4 Å². The maximum absolute atomic E-state index is 12.2. The van der Waals surface area contributed by atoms with Gasteiger partial charge in [-0.2, -0.15) is 0 Å². The molecule has 7 heteroatoms. The first-order valence-corrected chi connectivity index (χ1v) is 9.56. The number of carbonyl (C=O) groups excluding carboxylic acids is 1. The van der Waals surface area contributed by atoms with E-state index in [1.807, 2.05) is 24.3 Å². The lowest BCUT2D eigenvalue weighted by Crippen LogP contribution is -2.20. The number of rotatable bonds is 5. The van der Waals surface area contributed by atoms with Crippen molar-refractivity contribution < 1.29 is 13.9 Å². The van der Waals surface area contributed by atoms with Crippen molar-refractivity contribution in [3.63, 3.8) is 0 Å². The summed E-state index contributed by atoms with van der Waals surface area (Å²) >= 11 is 3.33. The molecule has 0 bridgehead atoms. The molecular formula is C22H15BrN2O4. The monoisotopic (exact) mass is 450 g/mol. The maximum Gasteiger partial charge on any atom is 0.347 e. The minimum Gasteiger partial charge on any atom is -0.484 e. The van der Waals surface area contributed by atoms with Gasteiger partial charge >= 0.3 is 5.63 Å². The third-order valence-electron chi connectivity index (χ3n) is 4.12. The molecule has 4 aromatic rings. The van der Waals surface area contributed by atoms with Crippen LogP contribution in [0, 0.1) is 0 Å². The molecule has 0 radical (unpaired) electrons. The molecule has 0 aliphatic carbocycles. The zero-order chi connectivity index (χ0) is 20.2. The Morgan fingerprint density at radius 2 is 1.79 bits per heavy atom. The van der Waals surface area contributed by atoms with Crippen molar-refractivity contribution in [3.8, 4) is 17.2 Å². The molecule has 0 saturated carbocycles. The molecular weight excluding hydrogens is 436 g/mol. The van der Waals surface area contributed by atoms with Gasteiger partial charge in [-0.05, 0) is 54.6 Å². The van der Waals surface area contributed by atoms with E-state index in [0.29, 0.717) is 27.9 Å². The van der Waals surface area contributed by atoms with Gasteiger partial charge in [0, 0.05) is 15.7 Å². The molecule has 3 aromatic carbocycles. The third-order valence-corrected chi connectivity index (χ3v) is 4.61. The van der Waals surface area contributed by atoms with Crippen LogP contribution in [0.3, 0.4) is 0 Å². The van der Waals surface area contributed by atoms with Crippen molar-refractivity contribution in [2.45, 2.75) is 0 Å². The zero-order valence-electron chi connectivity index (χ0n) is 15.1. The van der Waals surface area contributed by atoms with Crippen LogP contribution in [0.2, 0.25) is 0 Å². The summed E-state index contributed by atoms with van der Waals surface area (Å²) < 4.78 is 11.5. The van der Waals surface area contributed by atoms with Crippen LogP contribution >= 0.6 is 15.9 Å². The summed E-state index contributed by atoms with van der Waals surface area (Å²) in [6.45, 7) is -0.0948. The number of nitrogens with zero attached hydrogens (tertiary/aromatic N) is 1. The lowest BCUT2D eigenvalue weighted by Gasteiger charge is -2.08. The number of nitrogens with one attached hydrogen (secondary N) is 1. The van der Waals surface area contributed by atoms with Crippen molar-refractivity contribution in [2.75, 3.05) is 11.9 Å². The van der Waals surface area contributed by atoms with E-state index in [-0.39, 0.29) is 18.4 Å². The van der Waals surface area contributed by atoms with Gasteiger partial charge in [0.2, 0.25) is 5.89 Å². The number of halogens is 1. The van der Waals surface area contributed by atoms with Crippen LogP contribution in [-0.2, 0) is 4.79 Å². The van der Waals surface area contributed by atoms with Crippen LogP contribution in [0.5, 0.6) is 5.75 Å². The van der Waals surface area contributed by atoms with Crippen LogP contribution in [0.25, 0.3) is 22.4 Å². The first-order chi connectivity index (χ1) is 14.1. The van der Waals surface area contributed by atoms with Gasteiger partial charge in [0.25, 0.3) is 5.91 Å². The van der Waals surface area contributed by atoms with Crippen molar-refractivity contribution in [1.82, 2.24) is 4.98 Å². The molecule has 1 amide bonds.